The normalized spacial score (nSPS) is 11.7. The molecule has 0 aliphatic rings. The average molecular weight is 394 g/mol. The molecule has 0 saturated heterocycles. The summed E-state index contributed by atoms with van der Waals surface area (Å²) >= 11 is 0. The Morgan fingerprint density at radius 3 is 2.69 bits per heavy atom. The van der Waals surface area contributed by atoms with E-state index in [1.807, 2.05) is 0 Å². The topological polar surface area (TPSA) is 126 Å². The molecule has 0 aliphatic heterocycles. The van der Waals surface area contributed by atoms with Crippen molar-refractivity contribution in [2.75, 3.05) is 0 Å². The molecular formula is C19H15FN6O3. The highest BCUT2D eigenvalue weighted by atomic mass is 19.1. The summed E-state index contributed by atoms with van der Waals surface area (Å²) in [6, 6.07) is 4.21. The first-order valence-corrected chi connectivity index (χ1v) is 8.53. The van der Waals surface area contributed by atoms with Crippen LogP contribution in [-0.4, -0.2) is 45.7 Å². The van der Waals surface area contributed by atoms with E-state index in [-0.39, 0.29) is 22.6 Å². The number of benzene rings is 1. The van der Waals surface area contributed by atoms with Crippen molar-refractivity contribution in [2.24, 2.45) is 0 Å². The number of rotatable bonds is 4. The van der Waals surface area contributed by atoms with Crippen molar-refractivity contribution in [3.8, 4) is 22.5 Å². The van der Waals surface area contributed by atoms with E-state index in [9.17, 15) is 19.4 Å². The van der Waals surface area contributed by atoms with Gasteiger partial charge >= 0.3 is 5.97 Å². The largest absolute Gasteiger partial charge is 0.478 e. The second kappa shape index (κ2) is 6.67. The molecule has 0 bridgehead atoms. The van der Waals surface area contributed by atoms with Gasteiger partial charge in [0.25, 0.3) is 5.78 Å². The Balaban J connectivity index is 1.86. The molecule has 0 amide bonds. The van der Waals surface area contributed by atoms with Crippen LogP contribution in [0.25, 0.3) is 28.3 Å². The van der Waals surface area contributed by atoms with Crippen LogP contribution >= 0.6 is 0 Å². The molecule has 0 atom stereocenters. The quantitative estimate of drug-likeness (QED) is 0.540. The lowest BCUT2D eigenvalue weighted by atomic mass is 10.0. The first kappa shape index (κ1) is 18.6. The van der Waals surface area contributed by atoms with Crippen LogP contribution in [-0.2, 0) is 5.60 Å². The highest BCUT2D eigenvalue weighted by Crippen LogP contribution is 2.30. The van der Waals surface area contributed by atoms with Gasteiger partial charge in [0.05, 0.1) is 29.5 Å². The fourth-order valence-corrected chi connectivity index (χ4v) is 2.83. The first-order valence-electron chi connectivity index (χ1n) is 8.53. The van der Waals surface area contributed by atoms with Crippen LogP contribution in [0.5, 0.6) is 0 Å². The first-order chi connectivity index (χ1) is 13.8. The minimum atomic E-state index is -1.26. The average Bonchev–Trinajstić information content (AvgIpc) is 3.11. The fourth-order valence-electron chi connectivity index (χ4n) is 2.83. The number of aliphatic hydroxyl groups is 1. The van der Waals surface area contributed by atoms with Crippen LogP contribution in [0.1, 0.15) is 29.9 Å². The third-order valence-electron chi connectivity index (χ3n) is 4.32. The Labute approximate surface area is 163 Å². The molecule has 9 nitrogen and oxygen atoms in total. The Kier molecular flexibility index (Phi) is 4.27. The Hall–Kier alpha value is -3.79. The molecule has 2 N–H and O–H groups in total. The molecule has 3 heterocycles. The van der Waals surface area contributed by atoms with Gasteiger partial charge < -0.3 is 10.2 Å². The van der Waals surface area contributed by atoms with Crippen LogP contribution in [0, 0.1) is 5.82 Å². The lowest BCUT2D eigenvalue weighted by molar-refractivity contribution is 0.0695. The van der Waals surface area contributed by atoms with Gasteiger partial charge in [-0.3, -0.25) is 0 Å². The molecule has 146 valence electrons. The summed E-state index contributed by atoms with van der Waals surface area (Å²) in [7, 11) is 0. The Bertz CT molecular complexity index is 1250. The van der Waals surface area contributed by atoms with Crippen LogP contribution in [0.15, 0.2) is 43.1 Å². The maximum absolute atomic E-state index is 14.5. The second-order valence-corrected chi connectivity index (χ2v) is 6.84. The Morgan fingerprint density at radius 1 is 1.17 bits per heavy atom. The van der Waals surface area contributed by atoms with Crippen molar-refractivity contribution in [3.05, 3.63) is 60.2 Å². The van der Waals surface area contributed by atoms with E-state index in [0.29, 0.717) is 17.0 Å². The van der Waals surface area contributed by atoms with E-state index >= 15 is 0 Å². The minimum absolute atomic E-state index is 0.0123. The van der Waals surface area contributed by atoms with Gasteiger partial charge in [-0.15, -0.1) is 0 Å². The third-order valence-corrected chi connectivity index (χ3v) is 4.32. The van der Waals surface area contributed by atoms with Gasteiger partial charge in [0.2, 0.25) is 0 Å². The summed E-state index contributed by atoms with van der Waals surface area (Å²) < 4.78 is 16.0. The smallest absolute Gasteiger partial charge is 0.339 e. The number of aromatic nitrogens is 6. The number of halogens is 1. The van der Waals surface area contributed by atoms with Crippen LogP contribution in [0.3, 0.4) is 0 Å². The third kappa shape index (κ3) is 3.29. The SMILES string of the molecule is CC(C)(O)c1cnn2c(-c3ccc(F)c(-c4ncncc4C(=O)O)c3)cnc2n1. The molecule has 0 unspecified atom stereocenters. The van der Waals surface area contributed by atoms with Crippen LogP contribution < -0.4 is 0 Å². The van der Waals surface area contributed by atoms with Gasteiger partial charge in [0.1, 0.15) is 23.3 Å². The zero-order chi connectivity index (χ0) is 20.8. The van der Waals surface area contributed by atoms with Gasteiger partial charge in [-0.25, -0.2) is 29.1 Å². The predicted octanol–water partition coefficient (Wildman–Crippen LogP) is 2.31. The standard InChI is InChI=1S/C19H15FN6O3/c1-19(2,29)15-8-24-26-14(7-22-18(26)25-15)10-3-4-13(20)11(5-10)16-12(17(27)28)6-21-9-23-16/h3-9,29H,1-2H3,(H,27,28). The van der Waals surface area contributed by atoms with Crippen molar-refractivity contribution in [3.63, 3.8) is 0 Å². The van der Waals surface area contributed by atoms with E-state index in [4.69, 9.17) is 0 Å². The number of imidazole rings is 1. The number of carbonyl (C=O) groups is 1. The van der Waals surface area contributed by atoms with Crippen LogP contribution in [0.2, 0.25) is 0 Å². The number of carboxylic acids is 1. The summed E-state index contributed by atoms with van der Waals surface area (Å²) in [6.07, 6.45) is 5.22. The second-order valence-electron chi connectivity index (χ2n) is 6.84. The molecule has 29 heavy (non-hydrogen) atoms. The van der Waals surface area contributed by atoms with Gasteiger partial charge in [-0.2, -0.15) is 9.61 Å². The summed E-state index contributed by atoms with van der Waals surface area (Å²) in [5.41, 5.74) is 0.000292. The molecule has 0 fully saturated rings. The highest BCUT2D eigenvalue weighted by molar-refractivity contribution is 5.94. The molecule has 4 rings (SSSR count). The number of hydrogen-bond donors (Lipinski definition) is 2. The molecule has 0 saturated carbocycles. The van der Waals surface area contributed by atoms with E-state index < -0.39 is 17.4 Å². The molecular weight excluding hydrogens is 379 g/mol. The van der Waals surface area contributed by atoms with Crippen molar-refractivity contribution in [1.82, 2.24) is 29.5 Å². The maximum atomic E-state index is 14.5. The number of carboxylic acid groups (broad SMARTS) is 1. The van der Waals surface area contributed by atoms with Gasteiger partial charge in [0.15, 0.2) is 0 Å². The van der Waals surface area contributed by atoms with Gasteiger partial charge in [-0.05, 0) is 32.0 Å². The summed E-state index contributed by atoms with van der Waals surface area (Å²) in [4.78, 5) is 27.6. The van der Waals surface area contributed by atoms with E-state index in [1.165, 1.54) is 35.1 Å². The van der Waals surface area contributed by atoms with Crippen LogP contribution in [0.4, 0.5) is 4.39 Å². The van der Waals surface area contributed by atoms with Gasteiger partial charge in [-0.1, -0.05) is 0 Å². The lowest BCUT2D eigenvalue weighted by Gasteiger charge is -2.15. The highest BCUT2D eigenvalue weighted by Gasteiger charge is 2.21. The fraction of sp³-hybridized carbons (Fsp3) is 0.158. The zero-order valence-corrected chi connectivity index (χ0v) is 15.4. The summed E-state index contributed by atoms with van der Waals surface area (Å²) in [5, 5.41) is 23.7. The zero-order valence-electron chi connectivity index (χ0n) is 15.4. The lowest BCUT2D eigenvalue weighted by Crippen LogP contribution is -2.19. The van der Waals surface area contributed by atoms with Gasteiger partial charge in [0, 0.05) is 17.3 Å². The van der Waals surface area contributed by atoms with Crippen molar-refractivity contribution in [1.29, 1.82) is 0 Å². The summed E-state index contributed by atoms with van der Waals surface area (Å²) in [5.74, 6) is -1.62. The van der Waals surface area contributed by atoms with E-state index in [0.717, 1.165) is 12.5 Å². The minimum Gasteiger partial charge on any atom is -0.478 e. The number of fused-ring (bicyclic) bond motifs is 1. The number of nitrogens with zero attached hydrogens (tertiary/aromatic N) is 6. The monoisotopic (exact) mass is 394 g/mol. The molecule has 3 aromatic heterocycles. The predicted molar refractivity (Wildman–Crippen MR) is 99.4 cm³/mol. The van der Waals surface area contributed by atoms with Crippen molar-refractivity contribution < 1.29 is 19.4 Å². The van der Waals surface area contributed by atoms with E-state index in [2.05, 4.69) is 25.0 Å². The van der Waals surface area contributed by atoms with Crippen molar-refractivity contribution >= 4 is 11.7 Å². The van der Waals surface area contributed by atoms with E-state index in [1.54, 1.807) is 13.8 Å². The summed E-state index contributed by atoms with van der Waals surface area (Å²) in [6.45, 7) is 3.18. The molecule has 0 radical (unpaired) electrons. The maximum Gasteiger partial charge on any atom is 0.339 e. The number of hydrogen-bond acceptors (Lipinski definition) is 7. The molecule has 0 spiro atoms. The molecule has 1 aromatic carbocycles. The molecule has 0 aliphatic carbocycles. The van der Waals surface area contributed by atoms with Crippen molar-refractivity contribution in [2.45, 2.75) is 19.4 Å². The molecule has 4 aromatic rings. The molecule has 10 heteroatoms. The Morgan fingerprint density at radius 2 is 1.97 bits per heavy atom. The number of aromatic carboxylic acids is 1.